The van der Waals surface area contributed by atoms with E-state index in [0.717, 1.165) is 38.4 Å². The van der Waals surface area contributed by atoms with Crippen LogP contribution in [0, 0.1) is 5.92 Å². The molecule has 0 fully saturated rings. The zero-order valence-electron chi connectivity index (χ0n) is 9.83. The molecule has 0 bridgehead atoms. The lowest BCUT2D eigenvalue weighted by molar-refractivity contribution is 0.357. The lowest BCUT2D eigenvalue weighted by Gasteiger charge is -2.10. The molecule has 3 N–H and O–H groups in total. The van der Waals surface area contributed by atoms with Crippen molar-refractivity contribution in [2.24, 2.45) is 11.7 Å². The molecule has 1 atom stereocenters. The van der Waals surface area contributed by atoms with E-state index >= 15 is 0 Å². The largest absolute Gasteiger partial charge is 0.493 e. The van der Waals surface area contributed by atoms with Crippen LogP contribution >= 0.6 is 0 Å². The third-order valence-corrected chi connectivity index (χ3v) is 2.98. The summed E-state index contributed by atoms with van der Waals surface area (Å²) < 4.78 is 5.48. The minimum Gasteiger partial charge on any atom is -0.493 e. The van der Waals surface area contributed by atoms with Gasteiger partial charge in [0, 0.05) is 13.0 Å². The molecule has 0 saturated carbocycles. The summed E-state index contributed by atoms with van der Waals surface area (Å²) in [4.78, 5) is 0. The highest BCUT2D eigenvalue weighted by Gasteiger charge is 2.11. The van der Waals surface area contributed by atoms with E-state index in [2.05, 4.69) is 30.4 Å². The molecule has 0 amide bonds. The highest BCUT2D eigenvalue weighted by molar-refractivity contribution is 5.39. The predicted molar refractivity (Wildman–Crippen MR) is 65.6 cm³/mol. The molecule has 2 rings (SSSR count). The fourth-order valence-electron chi connectivity index (χ4n) is 1.90. The summed E-state index contributed by atoms with van der Waals surface area (Å²) in [5, 5.41) is 3.42. The fourth-order valence-corrected chi connectivity index (χ4v) is 1.90. The maximum absolute atomic E-state index is 5.57. The number of nitrogens with two attached hydrogens (primary N) is 1. The first-order chi connectivity index (χ1) is 7.79. The van der Waals surface area contributed by atoms with E-state index in [0.29, 0.717) is 5.92 Å². The molecule has 1 unspecified atom stereocenters. The second kappa shape index (κ2) is 5.32. The van der Waals surface area contributed by atoms with Gasteiger partial charge in [0.1, 0.15) is 5.75 Å². The van der Waals surface area contributed by atoms with Gasteiger partial charge in [0.25, 0.3) is 0 Å². The number of nitrogens with one attached hydrogen (secondary N) is 1. The van der Waals surface area contributed by atoms with E-state index < -0.39 is 0 Å². The molecule has 0 spiro atoms. The number of hydrogen-bond donors (Lipinski definition) is 2. The standard InChI is InChI=1S/C13H20N2O/c1-10(7-14)8-15-9-11-2-3-13-12(6-11)4-5-16-13/h2-3,6,10,15H,4-5,7-9,14H2,1H3. The summed E-state index contributed by atoms with van der Waals surface area (Å²) in [5.41, 5.74) is 8.24. The van der Waals surface area contributed by atoms with E-state index in [1.807, 2.05) is 0 Å². The summed E-state index contributed by atoms with van der Waals surface area (Å²) in [5.74, 6) is 1.59. The van der Waals surface area contributed by atoms with Crippen molar-refractivity contribution < 1.29 is 4.74 Å². The average molecular weight is 220 g/mol. The molecular formula is C13H20N2O. The van der Waals surface area contributed by atoms with E-state index in [1.165, 1.54) is 11.1 Å². The SMILES string of the molecule is CC(CN)CNCc1ccc2c(c1)CCO2. The summed E-state index contributed by atoms with van der Waals surface area (Å²) >= 11 is 0. The molecule has 0 saturated heterocycles. The number of hydrogen-bond acceptors (Lipinski definition) is 3. The molecule has 88 valence electrons. The normalized spacial score (nSPS) is 15.6. The second-order valence-corrected chi connectivity index (χ2v) is 4.51. The van der Waals surface area contributed by atoms with Gasteiger partial charge in [-0.2, -0.15) is 0 Å². The molecule has 1 heterocycles. The van der Waals surface area contributed by atoms with E-state index in [1.54, 1.807) is 0 Å². The fraction of sp³-hybridized carbons (Fsp3) is 0.538. The van der Waals surface area contributed by atoms with Crippen LogP contribution in [-0.4, -0.2) is 19.7 Å². The monoisotopic (exact) mass is 220 g/mol. The molecule has 1 aliphatic heterocycles. The summed E-state index contributed by atoms with van der Waals surface area (Å²) in [7, 11) is 0. The Kier molecular flexibility index (Phi) is 3.80. The zero-order valence-corrected chi connectivity index (χ0v) is 9.83. The minimum atomic E-state index is 0.540. The zero-order chi connectivity index (χ0) is 11.4. The molecule has 1 aliphatic rings. The summed E-state index contributed by atoms with van der Waals surface area (Å²) in [6.07, 6.45) is 1.04. The third-order valence-electron chi connectivity index (χ3n) is 2.98. The Labute approximate surface area is 97.0 Å². The van der Waals surface area contributed by atoms with Gasteiger partial charge in [-0.1, -0.05) is 19.1 Å². The van der Waals surface area contributed by atoms with Crippen molar-refractivity contribution in [1.82, 2.24) is 5.32 Å². The highest BCUT2D eigenvalue weighted by atomic mass is 16.5. The van der Waals surface area contributed by atoms with Crippen molar-refractivity contribution in [2.75, 3.05) is 19.7 Å². The van der Waals surface area contributed by atoms with Crippen molar-refractivity contribution in [2.45, 2.75) is 19.9 Å². The number of rotatable bonds is 5. The van der Waals surface area contributed by atoms with Gasteiger partial charge in [-0.3, -0.25) is 0 Å². The van der Waals surface area contributed by atoms with Gasteiger partial charge in [0.15, 0.2) is 0 Å². The van der Waals surface area contributed by atoms with Crippen LogP contribution < -0.4 is 15.8 Å². The van der Waals surface area contributed by atoms with Crippen LogP contribution in [0.5, 0.6) is 5.75 Å². The van der Waals surface area contributed by atoms with Crippen LogP contribution in [0.2, 0.25) is 0 Å². The number of ether oxygens (including phenoxy) is 1. The molecule has 3 nitrogen and oxygen atoms in total. The first-order valence-corrected chi connectivity index (χ1v) is 5.95. The van der Waals surface area contributed by atoms with Gasteiger partial charge in [-0.15, -0.1) is 0 Å². The number of benzene rings is 1. The number of fused-ring (bicyclic) bond motifs is 1. The minimum absolute atomic E-state index is 0.540. The Morgan fingerprint density at radius 1 is 1.50 bits per heavy atom. The van der Waals surface area contributed by atoms with E-state index in [4.69, 9.17) is 10.5 Å². The first kappa shape index (κ1) is 11.4. The molecule has 1 aromatic carbocycles. The van der Waals surface area contributed by atoms with Gasteiger partial charge in [0.05, 0.1) is 6.61 Å². The molecule has 0 radical (unpaired) electrons. The topological polar surface area (TPSA) is 47.3 Å². The highest BCUT2D eigenvalue weighted by Crippen LogP contribution is 2.25. The van der Waals surface area contributed by atoms with Crippen LogP contribution in [0.4, 0.5) is 0 Å². The maximum atomic E-state index is 5.57. The Bertz CT molecular complexity index is 352. The van der Waals surface area contributed by atoms with Gasteiger partial charge in [-0.05, 0) is 36.2 Å². The van der Waals surface area contributed by atoms with Crippen molar-refractivity contribution in [1.29, 1.82) is 0 Å². The Morgan fingerprint density at radius 3 is 3.19 bits per heavy atom. The van der Waals surface area contributed by atoms with E-state index in [9.17, 15) is 0 Å². The molecular weight excluding hydrogens is 200 g/mol. The van der Waals surface area contributed by atoms with Gasteiger partial charge in [0.2, 0.25) is 0 Å². The van der Waals surface area contributed by atoms with Crippen molar-refractivity contribution in [3.8, 4) is 5.75 Å². The van der Waals surface area contributed by atoms with Crippen LogP contribution in [0.15, 0.2) is 18.2 Å². The predicted octanol–water partition coefficient (Wildman–Crippen LogP) is 1.31. The first-order valence-electron chi connectivity index (χ1n) is 5.95. The second-order valence-electron chi connectivity index (χ2n) is 4.51. The summed E-state index contributed by atoms with van der Waals surface area (Å²) in [6, 6.07) is 6.44. The lowest BCUT2D eigenvalue weighted by atomic mass is 10.1. The van der Waals surface area contributed by atoms with Gasteiger partial charge >= 0.3 is 0 Å². The van der Waals surface area contributed by atoms with Gasteiger partial charge < -0.3 is 15.8 Å². The van der Waals surface area contributed by atoms with E-state index in [-0.39, 0.29) is 0 Å². The van der Waals surface area contributed by atoms with Crippen LogP contribution in [0.25, 0.3) is 0 Å². The Balaban J connectivity index is 1.86. The van der Waals surface area contributed by atoms with Gasteiger partial charge in [-0.25, -0.2) is 0 Å². The molecule has 0 aromatic heterocycles. The molecule has 0 aliphatic carbocycles. The Morgan fingerprint density at radius 2 is 2.38 bits per heavy atom. The van der Waals surface area contributed by atoms with Crippen molar-refractivity contribution in [3.05, 3.63) is 29.3 Å². The molecule has 3 heteroatoms. The lowest BCUT2D eigenvalue weighted by Crippen LogP contribution is -2.25. The van der Waals surface area contributed by atoms with Crippen LogP contribution in [0.1, 0.15) is 18.1 Å². The molecule has 1 aromatic rings. The van der Waals surface area contributed by atoms with Crippen molar-refractivity contribution in [3.63, 3.8) is 0 Å². The summed E-state index contributed by atoms with van der Waals surface area (Å²) in [6.45, 7) is 5.62. The third kappa shape index (κ3) is 2.74. The smallest absolute Gasteiger partial charge is 0.122 e. The average Bonchev–Trinajstić information content (AvgIpc) is 2.76. The maximum Gasteiger partial charge on any atom is 0.122 e. The molecule has 16 heavy (non-hydrogen) atoms. The van der Waals surface area contributed by atoms with Crippen molar-refractivity contribution >= 4 is 0 Å². The Hall–Kier alpha value is -1.06. The van der Waals surface area contributed by atoms with Crippen LogP contribution in [0.3, 0.4) is 0 Å². The quantitative estimate of drug-likeness (QED) is 0.786. The van der Waals surface area contributed by atoms with Crippen LogP contribution in [-0.2, 0) is 13.0 Å².